The molecule has 38 heavy (non-hydrogen) atoms. The molecule has 200 valence electrons. The third-order valence-corrected chi connectivity index (χ3v) is 8.97. The fourth-order valence-corrected chi connectivity index (χ4v) is 6.53. The topological polar surface area (TPSA) is 112 Å². The number of fused-ring (bicyclic) bond motifs is 1. The van der Waals surface area contributed by atoms with Gasteiger partial charge < -0.3 is 15.1 Å². The van der Waals surface area contributed by atoms with Gasteiger partial charge in [-0.05, 0) is 44.0 Å². The first-order valence-electron chi connectivity index (χ1n) is 12.9. The van der Waals surface area contributed by atoms with Crippen LogP contribution in [0.15, 0.2) is 40.2 Å². The smallest absolute Gasteiger partial charge is 0.253 e. The van der Waals surface area contributed by atoms with Gasteiger partial charge in [0.05, 0.1) is 11.1 Å². The zero-order valence-corrected chi connectivity index (χ0v) is 22.6. The van der Waals surface area contributed by atoms with E-state index in [0.29, 0.717) is 40.4 Å². The molecule has 0 unspecified atom stereocenters. The molecule has 0 bridgehead atoms. The average molecular weight is 536 g/mol. The van der Waals surface area contributed by atoms with Gasteiger partial charge in [-0.25, -0.2) is 18.1 Å². The molecule has 1 saturated carbocycles. The number of benzene rings is 1. The van der Waals surface area contributed by atoms with E-state index in [1.165, 1.54) is 10.6 Å². The average Bonchev–Trinajstić information content (AvgIpc) is 3.44. The predicted molar refractivity (Wildman–Crippen MR) is 149 cm³/mol. The number of sulfonamides is 1. The number of rotatable bonds is 7. The van der Waals surface area contributed by atoms with Crippen molar-refractivity contribution in [2.24, 2.45) is 13.0 Å². The Labute approximate surface area is 223 Å². The van der Waals surface area contributed by atoms with Crippen LogP contribution < -0.4 is 20.5 Å². The predicted octanol–water partition coefficient (Wildman–Crippen LogP) is 2.27. The van der Waals surface area contributed by atoms with Crippen LogP contribution in [-0.2, 0) is 17.1 Å². The van der Waals surface area contributed by atoms with Gasteiger partial charge in [0, 0.05) is 63.3 Å². The molecular weight excluding hydrogens is 502 g/mol. The van der Waals surface area contributed by atoms with Gasteiger partial charge in [0.1, 0.15) is 10.5 Å². The Morgan fingerprint density at radius 1 is 1.11 bits per heavy atom. The molecule has 0 atom stereocenters. The quantitative estimate of drug-likeness (QED) is 0.443. The Kier molecular flexibility index (Phi) is 7.38. The van der Waals surface area contributed by atoms with Gasteiger partial charge in [-0.1, -0.05) is 18.8 Å². The molecule has 1 aliphatic carbocycles. The number of piperazine rings is 1. The first kappa shape index (κ1) is 26.2. The minimum atomic E-state index is -3.77. The van der Waals surface area contributed by atoms with Gasteiger partial charge in [0.25, 0.3) is 5.56 Å². The second-order valence-corrected chi connectivity index (χ2v) is 11.9. The fourth-order valence-electron chi connectivity index (χ4n) is 5.17. The van der Waals surface area contributed by atoms with Crippen molar-refractivity contribution in [2.45, 2.75) is 30.6 Å². The van der Waals surface area contributed by atoms with Crippen LogP contribution in [0.1, 0.15) is 31.2 Å². The molecule has 3 aromatic rings. The highest BCUT2D eigenvalue weighted by Crippen LogP contribution is 2.31. The molecule has 2 aromatic heterocycles. The lowest BCUT2D eigenvalue weighted by Gasteiger charge is -2.35. The first-order valence-corrected chi connectivity index (χ1v) is 14.4. The Bertz CT molecular complexity index is 1550. The van der Waals surface area contributed by atoms with Crippen LogP contribution in [0, 0.1) is 18.3 Å². The number of hydrogen-bond donors (Lipinski definition) is 2. The van der Waals surface area contributed by atoms with Crippen molar-refractivity contribution in [3.8, 4) is 12.3 Å². The molecule has 10 nitrogen and oxygen atoms in total. The maximum absolute atomic E-state index is 13.6. The van der Waals surface area contributed by atoms with Crippen LogP contribution >= 0.6 is 0 Å². The molecule has 0 amide bonds. The number of terminal acetylenes is 1. The summed E-state index contributed by atoms with van der Waals surface area (Å²) in [6, 6.07) is 6.68. The van der Waals surface area contributed by atoms with Gasteiger partial charge >= 0.3 is 0 Å². The monoisotopic (exact) mass is 535 g/mol. The highest BCUT2D eigenvalue weighted by molar-refractivity contribution is 7.89. The molecular formula is C27H33N7O3S. The van der Waals surface area contributed by atoms with Crippen LogP contribution in [0.5, 0.6) is 0 Å². The Morgan fingerprint density at radius 2 is 1.84 bits per heavy atom. The number of aromatic nitrogens is 3. The number of nitrogens with one attached hydrogen (secondary N) is 2. The molecule has 1 aliphatic heterocycles. The highest BCUT2D eigenvalue weighted by atomic mass is 32.2. The van der Waals surface area contributed by atoms with Gasteiger partial charge in [-0.3, -0.25) is 9.36 Å². The number of likely N-dealkylation sites (N-methyl/N-ethyl adjacent to an activating group) is 1. The maximum atomic E-state index is 13.6. The molecule has 1 aromatic carbocycles. The van der Waals surface area contributed by atoms with E-state index in [9.17, 15) is 13.2 Å². The molecule has 1 saturated heterocycles. The van der Waals surface area contributed by atoms with Gasteiger partial charge in [-0.2, -0.15) is 4.98 Å². The Morgan fingerprint density at radius 3 is 2.55 bits per heavy atom. The van der Waals surface area contributed by atoms with E-state index >= 15 is 0 Å². The highest BCUT2D eigenvalue weighted by Gasteiger charge is 2.26. The number of hydrogen-bond acceptors (Lipinski definition) is 8. The summed E-state index contributed by atoms with van der Waals surface area (Å²) in [6.07, 6.45) is 11.5. The molecule has 5 rings (SSSR count). The van der Waals surface area contributed by atoms with Crippen molar-refractivity contribution in [3.05, 3.63) is 46.4 Å². The normalized spacial score (nSPS) is 17.1. The molecule has 0 spiro atoms. The van der Waals surface area contributed by atoms with Crippen LogP contribution in [0.4, 0.5) is 17.3 Å². The summed E-state index contributed by atoms with van der Waals surface area (Å²) in [5.74, 6) is 3.12. The number of nitrogens with zero attached hydrogens (tertiary/aromatic N) is 5. The van der Waals surface area contributed by atoms with Crippen molar-refractivity contribution < 1.29 is 8.42 Å². The number of anilines is 3. The minimum absolute atomic E-state index is 0.229. The van der Waals surface area contributed by atoms with E-state index in [-0.39, 0.29) is 16.4 Å². The third kappa shape index (κ3) is 5.38. The largest absolute Gasteiger partial charge is 0.368 e. The van der Waals surface area contributed by atoms with Crippen molar-refractivity contribution >= 4 is 38.4 Å². The van der Waals surface area contributed by atoms with Crippen LogP contribution in [0.25, 0.3) is 11.0 Å². The molecule has 3 heterocycles. The maximum Gasteiger partial charge on any atom is 0.253 e. The van der Waals surface area contributed by atoms with Gasteiger partial charge in [0.2, 0.25) is 16.0 Å². The van der Waals surface area contributed by atoms with E-state index in [4.69, 9.17) is 6.42 Å². The Balaban J connectivity index is 1.49. The second kappa shape index (κ2) is 10.7. The molecule has 11 heteroatoms. The summed E-state index contributed by atoms with van der Waals surface area (Å²) < 4.78 is 31.4. The van der Waals surface area contributed by atoms with E-state index < -0.39 is 10.0 Å². The van der Waals surface area contributed by atoms with Crippen molar-refractivity contribution in [2.75, 3.05) is 50.0 Å². The molecule has 2 aliphatic rings. The van der Waals surface area contributed by atoms with Gasteiger partial charge in [-0.15, -0.1) is 6.42 Å². The summed E-state index contributed by atoms with van der Waals surface area (Å²) >= 11 is 0. The standard InChI is InChI=1S/C27H33N7O3S/c1-4-20-15-25(35)33(3)26-22(20)18-28-27(31-26)30-21-9-10-23(34-13-11-32(2)12-14-34)24(16-21)38(36,37)29-17-19-7-5-6-8-19/h1,9-10,15-16,18-19,29H,5-8,11-14,17H2,2-3H3,(H,28,30,31). The number of pyridine rings is 1. The molecule has 2 fully saturated rings. The van der Waals surface area contributed by atoms with Crippen LogP contribution in [0.2, 0.25) is 0 Å². The van der Waals surface area contributed by atoms with Crippen molar-refractivity contribution in [1.82, 2.24) is 24.2 Å². The summed E-state index contributed by atoms with van der Waals surface area (Å²) in [4.78, 5) is 25.8. The SMILES string of the molecule is C#Cc1cc(=O)n(C)c2nc(Nc3ccc(N4CCN(C)CC4)c(S(=O)(=O)NCC4CCCC4)c3)ncc12. The fraction of sp³-hybridized carbons (Fsp3) is 0.444. The van der Waals surface area contributed by atoms with Crippen LogP contribution in [0.3, 0.4) is 0 Å². The summed E-state index contributed by atoms with van der Waals surface area (Å²) in [5, 5.41) is 3.71. The van der Waals surface area contributed by atoms with Crippen LogP contribution in [-0.4, -0.2) is 67.6 Å². The zero-order valence-electron chi connectivity index (χ0n) is 21.8. The lowest BCUT2D eigenvalue weighted by Crippen LogP contribution is -2.45. The lowest BCUT2D eigenvalue weighted by molar-refractivity contribution is 0.312. The molecule has 2 N–H and O–H groups in total. The Hall–Kier alpha value is -3.46. The lowest BCUT2D eigenvalue weighted by atomic mass is 10.1. The molecule has 0 radical (unpaired) electrons. The van der Waals surface area contributed by atoms with Crippen molar-refractivity contribution in [1.29, 1.82) is 0 Å². The second-order valence-electron chi connectivity index (χ2n) is 10.1. The van der Waals surface area contributed by atoms with Crippen molar-refractivity contribution in [3.63, 3.8) is 0 Å². The summed E-state index contributed by atoms with van der Waals surface area (Å²) in [6.45, 7) is 3.65. The van der Waals surface area contributed by atoms with E-state index in [2.05, 4.69) is 42.8 Å². The van der Waals surface area contributed by atoms with Gasteiger partial charge in [0.15, 0.2) is 0 Å². The van der Waals surface area contributed by atoms with E-state index in [1.54, 1.807) is 19.3 Å². The first-order chi connectivity index (χ1) is 18.2. The summed E-state index contributed by atoms with van der Waals surface area (Å²) in [7, 11) is -0.0809. The number of aryl methyl sites for hydroxylation is 1. The zero-order chi connectivity index (χ0) is 26.9. The summed E-state index contributed by atoms with van der Waals surface area (Å²) in [5.41, 5.74) is 1.76. The van der Waals surface area contributed by atoms with E-state index in [1.807, 2.05) is 12.1 Å². The third-order valence-electron chi connectivity index (χ3n) is 7.52. The minimum Gasteiger partial charge on any atom is -0.368 e. The van der Waals surface area contributed by atoms with E-state index in [0.717, 1.165) is 51.9 Å².